The number of nitrogens with one attached hydrogen (secondary N) is 1. The van der Waals surface area contributed by atoms with Gasteiger partial charge in [0.2, 0.25) is 5.91 Å². The molecule has 6 nitrogen and oxygen atoms in total. The van der Waals surface area contributed by atoms with Crippen LogP contribution in [0.25, 0.3) is 0 Å². The molecule has 0 aromatic heterocycles. The van der Waals surface area contributed by atoms with E-state index in [9.17, 15) is 14.9 Å². The molecule has 1 heterocycles. The van der Waals surface area contributed by atoms with Gasteiger partial charge in [-0.25, -0.2) is 0 Å². The summed E-state index contributed by atoms with van der Waals surface area (Å²) in [6.45, 7) is 2.24. The molecule has 1 fully saturated rings. The van der Waals surface area contributed by atoms with E-state index >= 15 is 0 Å². The molecule has 19 heavy (non-hydrogen) atoms. The number of non-ortho nitro benzene ring substituents is 1. The van der Waals surface area contributed by atoms with E-state index in [4.69, 9.17) is 0 Å². The molecule has 1 N–H and O–H groups in total. The smallest absolute Gasteiger partial charge is 0.271 e. The number of benzene rings is 1. The topological polar surface area (TPSA) is 75.5 Å². The van der Waals surface area contributed by atoms with Crippen molar-refractivity contribution >= 4 is 29.7 Å². The molecule has 2 rings (SSSR count). The van der Waals surface area contributed by atoms with Gasteiger partial charge in [0, 0.05) is 17.8 Å². The Bertz CT molecular complexity index is 461. The molecule has 1 aliphatic rings. The lowest BCUT2D eigenvalue weighted by atomic mass is 10.3. The standard InChI is InChI=1S/C12H15N3O3.ClH/c16-12(9-14-6-1-2-7-14)13-10-4-3-5-11(8-10)15(17)18;/h3-5,8H,1-2,6-7,9H2,(H,13,16);1H. The highest BCUT2D eigenvalue weighted by molar-refractivity contribution is 5.92. The summed E-state index contributed by atoms with van der Waals surface area (Å²) in [5, 5.41) is 13.3. The van der Waals surface area contributed by atoms with E-state index < -0.39 is 4.92 Å². The fourth-order valence-corrected chi connectivity index (χ4v) is 2.04. The van der Waals surface area contributed by atoms with Crippen LogP contribution >= 0.6 is 12.4 Å². The number of amides is 1. The Morgan fingerprint density at radius 2 is 2.05 bits per heavy atom. The summed E-state index contributed by atoms with van der Waals surface area (Å²) in [7, 11) is 0. The summed E-state index contributed by atoms with van der Waals surface area (Å²) >= 11 is 0. The molecule has 0 saturated carbocycles. The monoisotopic (exact) mass is 285 g/mol. The molecule has 0 radical (unpaired) electrons. The quantitative estimate of drug-likeness (QED) is 0.678. The summed E-state index contributed by atoms with van der Waals surface area (Å²) in [6.07, 6.45) is 2.26. The van der Waals surface area contributed by atoms with Crippen molar-refractivity contribution in [3.05, 3.63) is 34.4 Å². The maximum absolute atomic E-state index is 11.7. The zero-order valence-electron chi connectivity index (χ0n) is 10.4. The number of carbonyl (C=O) groups excluding carboxylic acids is 1. The lowest BCUT2D eigenvalue weighted by molar-refractivity contribution is -0.384. The van der Waals surface area contributed by atoms with Gasteiger partial charge < -0.3 is 5.32 Å². The molecule has 0 unspecified atom stereocenters. The minimum Gasteiger partial charge on any atom is -0.325 e. The zero-order valence-corrected chi connectivity index (χ0v) is 11.2. The number of halogens is 1. The Hall–Kier alpha value is -1.66. The summed E-state index contributed by atoms with van der Waals surface area (Å²) in [6, 6.07) is 5.97. The van der Waals surface area contributed by atoms with E-state index in [1.54, 1.807) is 12.1 Å². The predicted octanol–water partition coefficient (Wildman–Crippen LogP) is 2.05. The van der Waals surface area contributed by atoms with Gasteiger partial charge in [-0.1, -0.05) is 6.07 Å². The third-order valence-electron chi connectivity index (χ3n) is 2.91. The lowest BCUT2D eigenvalue weighted by Crippen LogP contribution is -2.30. The molecular weight excluding hydrogens is 270 g/mol. The van der Waals surface area contributed by atoms with Crippen molar-refractivity contribution in [2.75, 3.05) is 25.0 Å². The van der Waals surface area contributed by atoms with Crippen molar-refractivity contribution in [1.29, 1.82) is 0 Å². The highest BCUT2D eigenvalue weighted by Gasteiger charge is 2.15. The van der Waals surface area contributed by atoms with E-state index in [1.807, 2.05) is 0 Å². The van der Waals surface area contributed by atoms with E-state index in [0.717, 1.165) is 25.9 Å². The first-order valence-corrected chi connectivity index (χ1v) is 5.92. The van der Waals surface area contributed by atoms with Crippen molar-refractivity contribution in [1.82, 2.24) is 4.90 Å². The van der Waals surface area contributed by atoms with Gasteiger partial charge in [-0.3, -0.25) is 19.8 Å². The molecule has 7 heteroatoms. The van der Waals surface area contributed by atoms with Crippen molar-refractivity contribution in [2.24, 2.45) is 0 Å². The second kappa shape index (κ2) is 7.06. The fraction of sp³-hybridized carbons (Fsp3) is 0.417. The minimum atomic E-state index is -0.476. The largest absolute Gasteiger partial charge is 0.325 e. The Kier molecular flexibility index (Phi) is 5.72. The van der Waals surface area contributed by atoms with E-state index in [1.165, 1.54) is 12.1 Å². The molecule has 1 saturated heterocycles. The third-order valence-corrected chi connectivity index (χ3v) is 2.91. The van der Waals surface area contributed by atoms with Crippen LogP contribution in [0.2, 0.25) is 0 Å². The average Bonchev–Trinajstić information content (AvgIpc) is 2.82. The maximum Gasteiger partial charge on any atom is 0.271 e. The number of hydrogen-bond donors (Lipinski definition) is 1. The van der Waals surface area contributed by atoms with Crippen LogP contribution < -0.4 is 5.32 Å². The molecule has 1 aliphatic heterocycles. The number of anilines is 1. The number of hydrogen-bond acceptors (Lipinski definition) is 4. The van der Waals surface area contributed by atoms with Gasteiger partial charge in [-0.05, 0) is 32.0 Å². The van der Waals surface area contributed by atoms with Gasteiger partial charge in [0.15, 0.2) is 0 Å². The van der Waals surface area contributed by atoms with Crippen LogP contribution in [-0.2, 0) is 4.79 Å². The third kappa shape index (κ3) is 4.50. The Morgan fingerprint density at radius 3 is 2.68 bits per heavy atom. The van der Waals surface area contributed by atoms with Gasteiger partial charge >= 0.3 is 0 Å². The van der Waals surface area contributed by atoms with Crippen LogP contribution in [0.15, 0.2) is 24.3 Å². The first-order chi connectivity index (χ1) is 8.65. The fourth-order valence-electron chi connectivity index (χ4n) is 2.04. The van der Waals surface area contributed by atoms with Gasteiger partial charge in [-0.15, -0.1) is 12.4 Å². The van der Waals surface area contributed by atoms with Crippen LogP contribution in [0, 0.1) is 10.1 Å². The first-order valence-electron chi connectivity index (χ1n) is 5.92. The Balaban J connectivity index is 0.00000180. The number of nitro groups is 1. The van der Waals surface area contributed by atoms with Crippen LogP contribution in [0.4, 0.5) is 11.4 Å². The number of likely N-dealkylation sites (tertiary alicyclic amines) is 1. The number of rotatable bonds is 4. The molecule has 0 aliphatic carbocycles. The van der Waals surface area contributed by atoms with Crippen LogP contribution in [-0.4, -0.2) is 35.4 Å². The molecule has 1 aromatic rings. The van der Waals surface area contributed by atoms with Gasteiger partial charge in [0.1, 0.15) is 0 Å². The van der Waals surface area contributed by atoms with Crippen molar-refractivity contribution in [3.63, 3.8) is 0 Å². The number of carbonyl (C=O) groups is 1. The highest BCUT2D eigenvalue weighted by Crippen LogP contribution is 2.17. The second-order valence-electron chi connectivity index (χ2n) is 4.34. The molecular formula is C12H16ClN3O3. The SMILES string of the molecule is Cl.O=C(CN1CCCC1)Nc1cccc([N+](=O)[O-])c1. The van der Waals surface area contributed by atoms with Crippen molar-refractivity contribution in [2.45, 2.75) is 12.8 Å². The summed E-state index contributed by atoms with van der Waals surface area (Å²) in [4.78, 5) is 23.9. The Labute approximate surface area is 117 Å². The van der Waals surface area contributed by atoms with Crippen LogP contribution in [0.3, 0.4) is 0 Å². The van der Waals surface area contributed by atoms with Gasteiger partial charge in [0.05, 0.1) is 11.5 Å². The molecule has 104 valence electrons. The molecule has 1 amide bonds. The van der Waals surface area contributed by atoms with Crippen LogP contribution in [0.1, 0.15) is 12.8 Å². The lowest BCUT2D eigenvalue weighted by Gasteiger charge is -2.13. The number of nitro benzene ring substituents is 1. The second-order valence-corrected chi connectivity index (χ2v) is 4.34. The summed E-state index contributed by atoms with van der Waals surface area (Å²) in [5.74, 6) is -0.127. The van der Waals surface area contributed by atoms with Crippen LogP contribution in [0.5, 0.6) is 0 Å². The highest BCUT2D eigenvalue weighted by atomic mass is 35.5. The maximum atomic E-state index is 11.7. The van der Waals surface area contributed by atoms with E-state index in [2.05, 4.69) is 10.2 Å². The van der Waals surface area contributed by atoms with Crippen molar-refractivity contribution in [3.8, 4) is 0 Å². The van der Waals surface area contributed by atoms with Crippen molar-refractivity contribution < 1.29 is 9.72 Å². The zero-order chi connectivity index (χ0) is 13.0. The summed E-state index contributed by atoms with van der Waals surface area (Å²) in [5.41, 5.74) is 0.447. The number of nitrogens with zero attached hydrogens (tertiary/aromatic N) is 2. The van der Waals surface area contributed by atoms with E-state index in [0.29, 0.717) is 12.2 Å². The molecule has 0 atom stereocenters. The summed E-state index contributed by atoms with van der Waals surface area (Å²) < 4.78 is 0. The molecule has 1 aromatic carbocycles. The minimum absolute atomic E-state index is 0. The Morgan fingerprint density at radius 1 is 1.37 bits per heavy atom. The predicted molar refractivity (Wildman–Crippen MR) is 74.6 cm³/mol. The molecule has 0 spiro atoms. The molecule has 0 bridgehead atoms. The first kappa shape index (κ1) is 15.4. The van der Waals surface area contributed by atoms with Gasteiger partial charge in [-0.2, -0.15) is 0 Å². The average molecular weight is 286 g/mol. The normalized spacial score (nSPS) is 14.7. The van der Waals surface area contributed by atoms with Gasteiger partial charge in [0.25, 0.3) is 5.69 Å². The van der Waals surface area contributed by atoms with E-state index in [-0.39, 0.29) is 24.0 Å².